The van der Waals surface area contributed by atoms with Gasteiger partial charge < -0.3 is 17.2 Å². The molecule has 0 saturated heterocycles. The summed E-state index contributed by atoms with van der Waals surface area (Å²) in [6.45, 7) is 0. The number of halogens is 2. The second kappa shape index (κ2) is 9.90. The zero-order chi connectivity index (χ0) is 25.1. The normalized spacial score (nSPS) is 12.6. The van der Waals surface area contributed by atoms with E-state index in [0.717, 1.165) is 6.42 Å². The molecule has 0 spiro atoms. The first kappa shape index (κ1) is 23.8. The van der Waals surface area contributed by atoms with Crippen molar-refractivity contribution >= 4 is 40.1 Å². The average Bonchev–Trinajstić information content (AvgIpc) is 3.65. The highest BCUT2D eigenvalue weighted by molar-refractivity contribution is 6.35. The smallest absolute Gasteiger partial charge is 0.267 e. The average molecular weight is 494 g/mol. The summed E-state index contributed by atoms with van der Waals surface area (Å²) in [6.07, 6.45) is 7.23. The SMILES string of the molecule is N#Cc1c(N)nc(N)nc1N.O=c1c2c(Cl)ccc(F)c2nc(CCC2CC2)n1-c1cccnc1. The molecule has 1 aliphatic rings. The Bertz CT molecular complexity index is 1470. The lowest BCUT2D eigenvalue weighted by Gasteiger charge is -2.14. The Morgan fingerprint density at radius 3 is 2.46 bits per heavy atom. The molecule has 0 unspecified atom stereocenters. The topological polar surface area (TPSA) is 175 Å². The van der Waals surface area contributed by atoms with Gasteiger partial charge in [0.25, 0.3) is 5.56 Å². The van der Waals surface area contributed by atoms with Crippen molar-refractivity contribution in [3.05, 3.63) is 69.2 Å². The van der Waals surface area contributed by atoms with Crippen LogP contribution in [0.15, 0.2) is 41.5 Å². The van der Waals surface area contributed by atoms with Gasteiger partial charge in [-0.3, -0.25) is 14.3 Å². The van der Waals surface area contributed by atoms with E-state index < -0.39 is 5.82 Å². The minimum absolute atomic E-state index is 0.0116. The number of hydrogen-bond donors (Lipinski definition) is 3. The van der Waals surface area contributed by atoms with Crippen molar-refractivity contribution in [2.75, 3.05) is 17.2 Å². The minimum Gasteiger partial charge on any atom is -0.382 e. The Kier molecular flexibility index (Phi) is 6.75. The number of aromatic nitrogens is 5. The Balaban J connectivity index is 0.000000221. The van der Waals surface area contributed by atoms with Crippen LogP contribution >= 0.6 is 11.6 Å². The standard InChI is InChI=1S/C18H15ClFN3O.C5H6N6/c19-13-6-7-14(20)17-16(13)18(24)23(12-2-1-9-21-10-12)15(22-17)8-5-11-3-4-11;6-1-2-3(7)10-5(9)11-4(2)8/h1-2,6-7,9-11H,3-5,8H2;(H6,7,8,9,10,11). The predicted molar refractivity (Wildman–Crippen MR) is 131 cm³/mol. The van der Waals surface area contributed by atoms with Crippen molar-refractivity contribution in [3.63, 3.8) is 0 Å². The van der Waals surface area contributed by atoms with Crippen LogP contribution in [0.5, 0.6) is 0 Å². The van der Waals surface area contributed by atoms with Crippen molar-refractivity contribution in [3.8, 4) is 11.8 Å². The first-order valence-corrected chi connectivity index (χ1v) is 11.1. The molecule has 1 saturated carbocycles. The summed E-state index contributed by atoms with van der Waals surface area (Å²) in [5.41, 5.74) is 16.2. The third-order valence-corrected chi connectivity index (χ3v) is 5.78. The Morgan fingerprint density at radius 2 is 1.86 bits per heavy atom. The number of nitriles is 1. The quantitative estimate of drug-likeness (QED) is 0.385. The molecule has 0 radical (unpaired) electrons. The van der Waals surface area contributed by atoms with E-state index in [2.05, 4.69) is 19.9 Å². The molecule has 0 bridgehead atoms. The number of pyridine rings is 1. The maximum atomic E-state index is 14.2. The van der Waals surface area contributed by atoms with E-state index in [4.69, 9.17) is 34.1 Å². The van der Waals surface area contributed by atoms with E-state index in [-0.39, 0.29) is 44.6 Å². The van der Waals surface area contributed by atoms with Crippen LogP contribution in [0.3, 0.4) is 0 Å². The second-order valence-electron chi connectivity index (χ2n) is 7.95. The summed E-state index contributed by atoms with van der Waals surface area (Å²) >= 11 is 6.15. The van der Waals surface area contributed by atoms with Crippen molar-refractivity contribution in [1.82, 2.24) is 24.5 Å². The predicted octanol–water partition coefficient (Wildman–Crippen LogP) is 3.01. The summed E-state index contributed by atoms with van der Waals surface area (Å²) in [7, 11) is 0. The van der Waals surface area contributed by atoms with Crippen LogP contribution in [0.4, 0.5) is 22.0 Å². The molecule has 4 aromatic rings. The zero-order valence-corrected chi connectivity index (χ0v) is 19.2. The molecule has 1 aromatic carbocycles. The first-order valence-electron chi connectivity index (χ1n) is 10.7. The molecular weight excluding hydrogens is 473 g/mol. The number of rotatable bonds is 4. The highest BCUT2D eigenvalue weighted by Gasteiger charge is 2.23. The number of nitrogen functional groups attached to an aromatic ring is 3. The maximum absolute atomic E-state index is 14.2. The lowest BCUT2D eigenvalue weighted by Crippen LogP contribution is -2.25. The molecule has 6 N–H and O–H groups in total. The summed E-state index contributed by atoms with van der Waals surface area (Å²) in [5, 5.41) is 8.77. The van der Waals surface area contributed by atoms with E-state index >= 15 is 0 Å². The fourth-order valence-electron chi connectivity index (χ4n) is 3.55. The van der Waals surface area contributed by atoms with E-state index in [1.807, 2.05) is 0 Å². The maximum Gasteiger partial charge on any atom is 0.267 e. The molecule has 3 heterocycles. The number of benzene rings is 1. The fraction of sp³-hybridized carbons (Fsp3) is 0.217. The van der Waals surface area contributed by atoms with Gasteiger partial charge in [-0.15, -0.1) is 0 Å². The van der Waals surface area contributed by atoms with Gasteiger partial charge in [0, 0.05) is 12.6 Å². The number of aryl methyl sites for hydroxylation is 1. The largest absolute Gasteiger partial charge is 0.382 e. The van der Waals surface area contributed by atoms with Gasteiger partial charge in [-0.25, -0.2) is 9.37 Å². The Morgan fingerprint density at radius 1 is 1.14 bits per heavy atom. The van der Waals surface area contributed by atoms with Crippen molar-refractivity contribution < 1.29 is 4.39 Å². The number of nitrogens with zero attached hydrogens (tertiary/aromatic N) is 6. The Hall–Kier alpha value is -4.30. The third kappa shape index (κ3) is 5.12. The van der Waals surface area contributed by atoms with Crippen molar-refractivity contribution in [2.45, 2.75) is 25.7 Å². The van der Waals surface area contributed by atoms with Crippen LogP contribution < -0.4 is 22.8 Å². The number of anilines is 3. The first-order chi connectivity index (χ1) is 16.8. The van der Waals surface area contributed by atoms with E-state index in [9.17, 15) is 9.18 Å². The highest BCUT2D eigenvalue weighted by atomic mass is 35.5. The minimum atomic E-state index is -0.530. The van der Waals surface area contributed by atoms with Crippen LogP contribution in [0.2, 0.25) is 5.02 Å². The van der Waals surface area contributed by atoms with E-state index in [0.29, 0.717) is 23.9 Å². The highest BCUT2D eigenvalue weighted by Crippen LogP contribution is 2.33. The van der Waals surface area contributed by atoms with E-state index in [1.54, 1.807) is 30.6 Å². The van der Waals surface area contributed by atoms with E-state index in [1.165, 1.54) is 29.5 Å². The lowest BCUT2D eigenvalue weighted by molar-refractivity contribution is 0.630. The number of fused-ring (bicyclic) bond motifs is 1. The second-order valence-corrected chi connectivity index (χ2v) is 8.36. The third-order valence-electron chi connectivity index (χ3n) is 5.47. The van der Waals surface area contributed by atoms with Gasteiger partial charge in [0.15, 0.2) is 0 Å². The van der Waals surface area contributed by atoms with Gasteiger partial charge in [-0.2, -0.15) is 15.2 Å². The molecule has 0 aliphatic heterocycles. The van der Waals surface area contributed by atoms with Crippen LogP contribution in [0.1, 0.15) is 30.7 Å². The molecule has 0 amide bonds. The van der Waals surface area contributed by atoms with Crippen LogP contribution in [0, 0.1) is 23.1 Å². The molecule has 12 heteroatoms. The monoisotopic (exact) mass is 493 g/mol. The molecule has 35 heavy (non-hydrogen) atoms. The molecule has 178 valence electrons. The number of hydrogen-bond acceptors (Lipinski definition) is 9. The lowest BCUT2D eigenvalue weighted by atomic mass is 10.1. The zero-order valence-electron chi connectivity index (χ0n) is 18.4. The summed E-state index contributed by atoms with van der Waals surface area (Å²) < 4.78 is 15.7. The molecule has 5 rings (SSSR count). The fourth-order valence-corrected chi connectivity index (χ4v) is 3.78. The summed E-state index contributed by atoms with van der Waals surface area (Å²) in [4.78, 5) is 28.6. The summed E-state index contributed by atoms with van der Waals surface area (Å²) in [6, 6.07) is 7.94. The van der Waals surface area contributed by atoms with Gasteiger partial charge in [0.05, 0.1) is 22.3 Å². The molecular formula is C23H21ClFN9O. The van der Waals surface area contributed by atoms with Crippen LogP contribution in [-0.2, 0) is 6.42 Å². The molecule has 1 aliphatic carbocycles. The van der Waals surface area contributed by atoms with Gasteiger partial charge >= 0.3 is 0 Å². The van der Waals surface area contributed by atoms with Crippen LogP contribution in [0.25, 0.3) is 16.6 Å². The van der Waals surface area contributed by atoms with Crippen molar-refractivity contribution in [2.24, 2.45) is 5.92 Å². The Labute approximate surface area is 204 Å². The van der Waals surface area contributed by atoms with Crippen LogP contribution in [-0.4, -0.2) is 24.5 Å². The van der Waals surface area contributed by atoms with Gasteiger partial charge in [0.1, 0.15) is 40.4 Å². The van der Waals surface area contributed by atoms with Gasteiger partial charge in [-0.05, 0) is 36.6 Å². The van der Waals surface area contributed by atoms with Gasteiger partial charge in [0.2, 0.25) is 5.95 Å². The molecule has 1 fully saturated rings. The summed E-state index contributed by atoms with van der Waals surface area (Å²) in [5.74, 6) is 0.698. The van der Waals surface area contributed by atoms with Crippen molar-refractivity contribution in [1.29, 1.82) is 5.26 Å². The number of nitrogens with two attached hydrogens (primary N) is 3. The molecule has 10 nitrogen and oxygen atoms in total. The molecule has 0 atom stereocenters. The van der Waals surface area contributed by atoms with Gasteiger partial charge in [-0.1, -0.05) is 24.4 Å². The molecule has 3 aromatic heterocycles.